The molecule has 0 saturated carbocycles. The van der Waals surface area contributed by atoms with Crippen LogP contribution in [0.5, 0.6) is 23.0 Å². The SMILES string of the molecule is N[C@@H](CCN(Cc1ccccc1Oc1ccncc1)Cc1ccccc1Oc1ccncc1)C(=O)O. The molecular formula is C28H28N4O4. The molecule has 3 N–H and O–H groups in total. The van der Waals surface area contributed by atoms with Crippen molar-refractivity contribution in [2.45, 2.75) is 25.6 Å². The molecule has 0 saturated heterocycles. The van der Waals surface area contributed by atoms with Gasteiger partial charge in [-0.25, -0.2) is 0 Å². The minimum atomic E-state index is -1.02. The highest BCUT2D eigenvalue weighted by Gasteiger charge is 2.18. The van der Waals surface area contributed by atoms with Crippen LogP contribution >= 0.6 is 0 Å². The van der Waals surface area contributed by atoms with E-state index in [1.165, 1.54) is 0 Å². The smallest absolute Gasteiger partial charge is 0.320 e. The van der Waals surface area contributed by atoms with Gasteiger partial charge >= 0.3 is 5.97 Å². The van der Waals surface area contributed by atoms with Gasteiger partial charge in [-0.2, -0.15) is 0 Å². The van der Waals surface area contributed by atoms with Crippen molar-refractivity contribution in [1.82, 2.24) is 14.9 Å². The third kappa shape index (κ3) is 7.11. The first-order valence-corrected chi connectivity index (χ1v) is 11.6. The lowest BCUT2D eigenvalue weighted by Gasteiger charge is -2.25. The number of nitrogens with two attached hydrogens (primary N) is 1. The number of pyridine rings is 2. The zero-order chi connectivity index (χ0) is 25.2. The lowest BCUT2D eigenvalue weighted by atomic mass is 10.1. The minimum absolute atomic E-state index is 0.302. The Morgan fingerprint density at radius 1 is 0.778 bits per heavy atom. The fraction of sp³-hybridized carbons (Fsp3) is 0.179. The van der Waals surface area contributed by atoms with Crippen molar-refractivity contribution in [2.24, 2.45) is 5.73 Å². The lowest BCUT2D eigenvalue weighted by molar-refractivity contribution is -0.138. The van der Waals surface area contributed by atoms with Crippen LogP contribution in [-0.4, -0.2) is 38.5 Å². The molecule has 0 aliphatic heterocycles. The van der Waals surface area contributed by atoms with Crippen LogP contribution in [0.3, 0.4) is 0 Å². The van der Waals surface area contributed by atoms with Crippen molar-refractivity contribution in [1.29, 1.82) is 0 Å². The number of para-hydroxylation sites is 2. The van der Waals surface area contributed by atoms with Crippen molar-refractivity contribution in [3.05, 3.63) is 109 Å². The number of hydrogen-bond acceptors (Lipinski definition) is 7. The summed E-state index contributed by atoms with van der Waals surface area (Å²) in [5, 5.41) is 9.30. The third-order valence-corrected chi connectivity index (χ3v) is 5.56. The summed E-state index contributed by atoms with van der Waals surface area (Å²) in [5.41, 5.74) is 7.76. The highest BCUT2D eigenvalue weighted by atomic mass is 16.5. The summed E-state index contributed by atoms with van der Waals surface area (Å²) >= 11 is 0. The van der Waals surface area contributed by atoms with Gasteiger partial charge in [0.25, 0.3) is 0 Å². The Morgan fingerprint density at radius 2 is 1.22 bits per heavy atom. The Kier molecular flexibility index (Phi) is 8.58. The fourth-order valence-corrected chi connectivity index (χ4v) is 3.68. The molecule has 0 bridgehead atoms. The molecule has 4 aromatic rings. The average Bonchev–Trinajstić information content (AvgIpc) is 2.90. The van der Waals surface area contributed by atoms with E-state index < -0.39 is 12.0 Å². The number of aliphatic carboxylic acids is 1. The van der Waals surface area contributed by atoms with Gasteiger partial charge in [0, 0.05) is 55.5 Å². The van der Waals surface area contributed by atoms with Gasteiger partial charge in [0.2, 0.25) is 0 Å². The van der Waals surface area contributed by atoms with Gasteiger partial charge in [-0.1, -0.05) is 36.4 Å². The van der Waals surface area contributed by atoms with E-state index in [1.54, 1.807) is 49.1 Å². The minimum Gasteiger partial charge on any atom is -0.480 e. The van der Waals surface area contributed by atoms with E-state index in [2.05, 4.69) is 14.9 Å². The van der Waals surface area contributed by atoms with Gasteiger partial charge in [0.1, 0.15) is 29.0 Å². The maximum atomic E-state index is 11.3. The monoisotopic (exact) mass is 484 g/mol. The van der Waals surface area contributed by atoms with Crippen molar-refractivity contribution >= 4 is 5.97 Å². The fourth-order valence-electron chi connectivity index (χ4n) is 3.68. The summed E-state index contributed by atoms with van der Waals surface area (Å²) in [5.74, 6) is 1.80. The predicted molar refractivity (Wildman–Crippen MR) is 136 cm³/mol. The van der Waals surface area contributed by atoms with E-state index >= 15 is 0 Å². The van der Waals surface area contributed by atoms with Crippen LogP contribution in [0.25, 0.3) is 0 Å². The number of ether oxygens (including phenoxy) is 2. The molecule has 0 spiro atoms. The standard InChI is InChI=1S/C28H28N4O4/c29-25(28(33)34)13-18-32(19-21-5-1-3-7-26(21)35-23-9-14-30-15-10-23)20-22-6-2-4-8-27(22)36-24-11-16-31-17-12-24/h1-12,14-17,25H,13,18-20,29H2,(H,33,34)/t25-/m0/s1. The van der Waals surface area contributed by atoms with Crippen LogP contribution in [0.15, 0.2) is 97.6 Å². The summed E-state index contributed by atoms with van der Waals surface area (Å²) in [6.07, 6.45) is 7.01. The molecule has 0 amide bonds. The first-order chi connectivity index (χ1) is 17.6. The second kappa shape index (κ2) is 12.4. The molecule has 184 valence electrons. The highest BCUT2D eigenvalue weighted by molar-refractivity contribution is 5.73. The number of benzene rings is 2. The molecule has 0 unspecified atom stereocenters. The van der Waals surface area contributed by atoms with E-state index in [-0.39, 0.29) is 0 Å². The van der Waals surface area contributed by atoms with Gasteiger partial charge in [0.15, 0.2) is 0 Å². The van der Waals surface area contributed by atoms with E-state index in [0.717, 1.165) is 22.6 Å². The Morgan fingerprint density at radius 3 is 1.67 bits per heavy atom. The second-order valence-electron chi connectivity index (χ2n) is 8.23. The number of aromatic nitrogens is 2. The molecule has 8 nitrogen and oxygen atoms in total. The van der Waals surface area contributed by atoms with Gasteiger partial charge in [-0.05, 0) is 42.8 Å². The zero-order valence-corrected chi connectivity index (χ0v) is 19.7. The largest absolute Gasteiger partial charge is 0.480 e. The Labute approximate surface area is 210 Å². The summed E-state index contributed by atoms with van der Waals surface area (Å²) in [6.45, 7) is 1.52. The summed E-state index contributed by atoms with van der Waals surface area (Å²) in [7, 11) is 0. The van der Waals surface area contributed by atoms with Gasteiger partial charge in [-0.3, -0.25) is 19.7 Å². The van der Waals surface area contributed by atoms with Crippen LogP contribution in [0.1, 0.15) is 17.5 Å². The van der Waals surface area contributed by atoms with E-state index in [0.29, 0.717) is 37.6 Å². The number of carboxylic acid groups (broad SMARTS) is 1. The first kappa shape index (κ1) is 24.8. The molecule has 0 aliphatic rings. The van der Waals surface area contributed by atoms with E-state index in [1.807, 2.05) is 48.5 Å². The molecule has 0 radical (unpaired) electrons. The molecule has 0 aliphatic carbocycles. The number of hydrogen-bond donors (Lipinski definition) is 2. The van der Waals surface area contributed by atoms with Crippen LogP contribution in [0.2, 0.25) is 0 Å². The Balaban J connectivity index is 1.57. The highest BCUT2D eigenvalue weighted by Crippen LogP contribution is 2.29. The molecular weight excluding hydrogens is 456 g/mol. The van der Waals surface area contributed by atoms with E-state index in [4.69, 9.17) is 15.2 Å². The maximum Gasteiger partial charge on any atom is 0.320 e. The average molecular weight is 485 g/mol. The molecule has 2 aromatic heterocycles. The molecule has 0 fully saturated rings. The zero-order valence-electron chi connectivity index (χ0n) is 19.7. The number of rotatable bonds is 12. The number of carboxylic acids is 1. The molecule has 1 atom stereocenters. The Bertz CT molecular complexity index is 1170. The van der Waals surface area contributed by atoms with Crippen LogP contribution in [0.4, 0.5) is 0 Å². The van der Waals surface area contributed by atoms with Gasteiger partial charge < -0.3 is 20.3 Å². The van der Waals surface area contributed by atoms with Crippen molar-refractivity contribution in [2.75, 3.05) is 6.54 Å². The van der Waals surface area contributed by atoms with Crippen molar-refractivity contribution < 1.29 is 19.4 Å². The molecule has 36 heavy (non-hydrogen) atoms. The topological polar surface area (TPSA) is 111 Å². The molecule has 2 aromatic carbocycles. The lowest BCUT2D eigenvalue weighted by Crippen LogP contribution is -2.35. The summed E-state index contributed by atoms with van der Waals surface area (Å²) < 4.78 is 12.2. The van der Waals surface area contributed by atoms with E-state index in [9.17, 15) is 9.90 Å². The van der Waals surface area contributed by atoms with Gasteiger partial charge in [0.05, 0.1) is 0 Å². The molecule has 4 rings (SSSR count). The summed E-state index contributed by atoms with van der Waals surface area (Å²) in [6, 6.07) is 21.8. The van der Waals surface area contributed by atoms with Gasteiger partial charge in [-0.15, -0.1) is 0 Å². The third-order valence-electron chi connectivity index (χ3n) is 5.56. The van der Waals surface area contributed by atoms with Crippen LogP contribution < -0.4 is 15.2 Å². The normalized spacial score (nSPS) is 11.7. The van der Waals surface area contributed by atoms with Crippen molar-refractivity contribution in [3.8, 4) is 23.0 Å². The first-order valence-electron chi connectivity index (χ1n) is 11.6. The number of nitrogens with zero attached hydrogens (tertiary/aromatic N) is 3. The number of carbonyl (C=O) groups is 1. The Hall–Kier alpha value is -4.27. The second-order valence-corrected chi connectivity index (χ2v) is 8.23. The van der Waals surface area contributed by atoms with Crippen molar-refractivity contribution in [3.63, 3.8) is 0 Å². The summed E-state index contributed by atoms with van der Waals surface area (Å²) in [4.78, 5) is 21.6. The maximum absolute atomic E-state index is 11.3. The quantitative estimate of drug-likeness (QED) is 0.293. The molecule has 8 heteroatoms. The predicted octanol–water partition coefficient (Wildman–Crippen LogP) is 4.87. The van der Waals surface area contributed by atoms with Crippen LogP contribution in [-0.2, 0) is 17.9 Å². The molecule has 2 heterocycles. The van der Waals surface area contributed by atoms with Crippen LogP contribution in [0, 0.1) is 0 Å².